The molecule has 0 fully saturated rings. The number of aryl methyl sites for hydroxylation is 2. The summed E-state index contributed by atoms with van der Waals surface area (Å²) in [5.74, 6) is 0.892. The summed E-state index contributed by atoms with van der Waals surface area (Å²) in [5, 5.41) is 3.50. The zero-order chi connectivity index (χ0) is 18.8. The van der Waals surface area contributed by atoms with Crippen LogP contribution in [0.5, 0.6) is 0 Å². The van der Waals surface area contributed by atoms with Crippen LogP contribution in [0.4, 0.5) is 5.13 Å². The Morgan fingerprint density at radius 3 is 2.85 bits per heavy atom. The monoisotopic (exact) mass is 412 g/mol. The number of rotatable bonds is 5. The first-order valence-electron chi connectivity index (χ1n) is 8.28. The van der Waals surface area contributed by atoms with Crippen LogP contribution in [-0.4, -0.2) is 26.0 Å². The van der Waals surface area contributed by atoms with Crippen LogP contribution in [0, 0.1) is 13.8 Å². The van der Waals surface area contributed by atoms with Gasteiger partial charge >= 0.3 is 0 Å². The average molecular weight is 413 g/mol. The summed E-state index contributed by atoms with van der Waals surface area (Å²) in [4.78, 5) is 21.2. The third-order valence-electron chi connectivity index (χ3n) is 3.91. The number of fused-ring (bicyclic) bond motifs is 1. The molecule has 8 heteroatoms. The Morgan fingerprint density at radius 2 is 2.00 bits per heavy atom. The van der Waals surface area contributed by atoms with Crippen LogP contribution in [0.25, 0.3) is 21.6 Å². The van der Waals surface area contributed by atoms with Crippen molar-refractivity contribution in [3.05, 3.63) is 53.6 Å². The molecular formula is C19H16N4OS3. The first-order chi connectivity index (χ1) is 13.1. The number of carbonyl (C=O) groups is 1. The molecule has 4 aromatic rings. The molecule has 0 radical (unpaired) electrons. The van der Waals surface area contributed by atoms with E-state index in [0.717, 1.165) is 25.7 Å². The minimum absolute atomic E-state index is 0.0941. The molecule has 136 valence electrons. The SMILES string of the molecule is Cc1ccc2nc(NC(=O)CSc3nc(-c4ccccc4C)ns3)sc2c1. The second-order valence-corrected chi connectivity index (χ2v) is 9.03. The lowest BCUT2D eigenvalue weighted by Crippen LogP contribution is -2.13. The number of nitrogens with zero attached hydrogens (tertiary/aromatic N) is 3. The summed E-state index contributed by atoms with van der Waals surface area (Å²) in [6.07, 6.45) is 0. The fourth-order valence-electron chi connectivity index (χ4n) is 2.57. The molecule has 0 aliphatic rings. The lowest BCUT2D eigenvalue weighted by atomic mass is 10.1. The number of benzene rings is 2. The Labute approximate surface area is 169 Å². The normalized spacial score (nSPS) is 11.0. The fourth-order valence-corrected chi connectivity index (χ4v) is 4.96. The minimum Gasteiger partial charge on any atom is -0.301 e. The molecule has 4 rings (SSSR count). The van der Waals surface area contributed by atoms with E-state index >= 15 is 0 Å². The van der Waals surface area contributed by atoms with E-state index < -0.39 is 0 Å². The largest absolute Gasteiger partial charge is 0.301 e. The lowest BCUT2D eigenvalue weighted by Gasteiger charge is -2.00. The smallest absolute Gasteiger partial charge is 0.236 e. The van der Waals surface area contributed by atoms with Crippen molar-refractivity contribution in [3.63, 3.8) is 0 Å². The van der Waals surface area contributed by atoms with Crippen molar-refractivity contribution in [2.45, 2.75) is 18.2 Å². The predicted molar refractivity (Wildman–Crippen MR) is 114 cm³/mol. The van der Waals surface area contributed by atoms with Crippen molar-refractivity contribution >= 4 is 55.9 Å². The summed E-state index contributed by atoms with van der Waals surface area (Å²) < 4.78 is 6.27. The van der Waals surface area contributed by atoms with E-state index in [4.69, 9.17) is 0 Å². The highest BCUT2D eigenvalue weighted by atomic mass is 32.2. The molecule has 1 N–H and O–H groups in total. The molecule has 0 aliphatic heterocycles. The minimum atomic E-state index is -0.0941. The molecule has 0 bridgehead atoms. The first kappa shape index (κ1) is 18.1. The zero-order valence-corrected chi connectivity index (χ0v) is 17.2. The van der Waals surface area contributed by atoms with Crippen molar-refractivity contribution in [1.82, 2.24) is 14.3 Å². The number of carbonyl (C=O) groups excluding carboxylic acids is 1. The Balaban J connectivity index is 1.38. The van der Waals surface area contributed by atoms with Crippen molar-refractivity contribution in [1.29, 1.82) is 0 Å². The Hall–Kier alpha value is -2.29. The number of thioether (sulfide) groups is 1. The molecule has 0 aliphatic carbocycles. The summed E-state index contributed by atoms with van der Waals surface area (Å²) in [5.41, 5.74) is 4.24. The third-order valence-corrected chi connectivity index (χ3v) is 6.68. The van der Waals surface area contributed by atoms with Gasteiger partial charge in [-0.25, -0.2) is 9.97 Å². The van der Waals surface area contributed by atoms with Crippen LogP contribution in [0.2, 0.25) is 0 Å². The van der Waals surface area contributed by atoms with Gasteiger partial charge in [-0.05, 0) is 48.6 Å². The van der Waals surface area contributed by atoms with Crippen LogP contribution in [0.3, 0.4) is 0 Å². The Morgan fingerprint density at radius 1 is 1.15 bits per heavy atom. The number of amides is 1. The molecule has 27 heavy (non-hydrogen) atoms. The molecule has 2 aromatic heterocycles. The van der Waals surface area contributed by atoms with Crippen LogP contribution in [-0.2, 0) is 4.79 Å². The predicted octanol–water partition coefficient (Wildman–Crippen LogP) is 5.16. The quantitative estimate of drug-likeness (QED) is 0.459. The van der Waals surface area contributed by atoms with Crippen LogP contribution < -0.4 is 5.32 Å². The molecular weight excluding hydrogens is 396 g/mol. The molecule has 1 amide bonds. The maximum atomic E-state index is 12.3. The molecule has 2 aromatic carbocycles. The van der Waals surface area contributed by atoms with Gasteiger partial charge in [0.2, 0.25) is 5.91 Å². The second kappa shape index (κ2) is 7.75. The summed E-state index contributed by atoms with van der Waals surface area (Å²) in [6.45, 7) is 4.08. The van der Waals surface area contributed by atoms with Gasteiger partial charge in [-0.2, -0.15) is 4.37 Å². The van der Waals surface area contributed by atoms with E-state index in [-0.39, 0.29) is 11.7 Å². The number of anilines is 1. The van der Waals surface area contributed by atoms with Gasteiger partial charge in [-0.15, -0.1) is 0 Å². The second-order valence-electron chi connectivity index (χ2n) is 6.03. The van der Waals surface area contributed by atoms with E-state index in [1.807, 2.05) is 50.2 Å². The maximum absolute atomic E-state index is 12.3. The molecule has 0 atom stereocenters. The molecule has 5 nitrogen and oxygen atoms in total. The highest BCUT2D eigenvalue weighted by molar-refractivity contribution is 8.01. The van der Waals surface area contributed by atoms with Gasteiger partial charge in [0.15, 0.2) is 15.3 Å². The van der Waals surface area contributed by atoms with Gasteiger partial charge < -0.3 is 5.32 Å². The standard InChI is InChI=1S/C19H16N4OS3/c1-11-7-8-14-15(9-11)26-18(20-14)21-16(24)10-25-19-22-17(23-27-19)13-6-4-3-5-12(13)2/h3-9H,10H2,1-2H3,(H,20,21,24). The van der Waals surface area contributed by atoms with Crippen molar-refractivity contribution in [3.8, 4) is 11.4 Å². The number of hydrogen-bond acceptors (Lipinski definition) is 7. The van der Waals surface area contributed by atoms with Gasteiger partial charge in [0.05, 0.1) is 16.0 Å². The third kappa shape index (κ3) is 4.18. The Kier molecular flexibility index (Phi) is 5.20. The Bertz CT molecular complexity index is 1120. The fraction of sp³-hybridized carbons (Fsp3) is 0.158. The summed E-state index contributed by atoms with van der Waals surface area (Å²) in [7, 11) is 0. The molecule has 0 saturated heterocycles. The molecule has 0 unspecified atom stereocenters. The first-order valence-corrected chi connectivity index (χ1v) is 10.9. The van der Waals surface area contributed by atoms with Gasteiger partial charge in [0.1, 0.15) is 0 Å². The maximum Gasteiger partial charge on any atom is 0.236 e. The van der Waals surface area contributed by atoms with E-state index in [1.165, 1.54) is 40.2 Å². The number of nitrogens with one attached hydrogen (secondary N) is 1. The van der Waals surface area contributed by atoms with Gasteiger partial charge in [0, 0.05) is 5.56 Å². The number of aromatic nitrogens is 3. The van der Waals surface area contributed by atoms with Crippen LogP contribution >= 0.6 is 34.6 Å². The average Bonchev–Trinajstić information content (AvgIpc) is 3.26. The van der Waals surface area contributed by atoms with Gasteiger partial charge in [0.25, 0.3) is 0 Å². The van der Waals surface area contributed by atoms with Crippen molar-refractivity contribution in [2.75, 3.05) is 11.1 Å². The van der Waals surface area contributed by atoms with E-state index in [0.29, 0.717) is 11.0 Å². The van der Waals surface area contributed by atoms with Crippen LogP contribution in [0.1, 0.15) is 11.1 Å². The van der Waals surface area contributed by atoms with E-state index in [1.54, 1.807) is 0 Å². The molecule has 2 heterocycles. The summed E-state index contributed by atoms with van der Waals surface area (Å²) in [6, 6.07) is 14.1. The highest BCUT2D eigenvalue weighted by Gasteiger charge is 2.12. The van der Waals surface area contributed by atoms with Crippen LogP contribution in [0.15, 0.2) is 46.8 Å². The van der Waals surface area contributed by atoms with Gasteiger partial charge in [-0.1, -0.05) is 53.4 Å². The van der Waals surface area contributed by atoms with Crippen molar-refractivity contribution in [2.24, 2.45) is 0 Å². The van der Waals surface area contributed by atoms with E-state index in [2.05, 4.69) is 25.7 Å². The summed E-state index contributed by atoms with van der Waals surface area (Å²) >= 11 is 4.19. The van der Waals surface area contributed by atoms with Crippen molar-refractivity contribution < 1.29 is 4.79 Å². The topological polar surface area (TPSA) is 67.8 Å². The molecule has 0 spiro atoms. The lowest BCUT2D eigenvalue weighted by molar-refractivity contribution is -0.113. The number of hydrogen-bond donors (Lipinski definition) is 1. The zero-order valence-electron chi connectivity index (χ0n) is 14.7. The highest BCUT2D eigenvalue weighted by Crippen LogP contribution is 2.29. The molecule has 0 saturated carbocycles. The van der Waals surface area contributed by atoms with E-state index in [9.17, 15) is 4.79 Å². The van der Waals surface area contributed by atoms with Gasteiger partial charge in [-0.3, -0.25) is 4.79 Å². The number of thiazole rings is 1.